The molecule has 1 aromatic carbocycles. The van der Waals surface area contributed by atoms with Gasteiger partial charge in [-0.15, -0.1) is 0 Å². The molecule has 0 amide bonds. The minimum atomic E-state index is -0.876. The molecule has 2 aromatic heterocycles. The van der Waals surface area contributed by atoms with Crippen LogP contribution in [-0.2, 0) is 20.1 Å². The molecule has 0 bridgehead atoms. The second kappa shape index (κ2) is 5.88. The summed E-state index contributed by atoms with van der Waals surface area (Å²) in [5.74, 6) is -1.26. The number of aromatic amines is 1. The third-order valence-electron chi connectivity index (χ3n) is 3.51. The maximum atomic E-state index is 13.2. The number of H-pyrrole nitrogens is 1. The largest absolute Gasteiger partial charge is 0.309 e. The topological polar surface area (TPSA) is 66.8 Å². The van der Waals surface area contributed by atoms with E-state index in [1.165, 1.54) is 16.9 Å². The fourth-order valence-electron chi connectivity index (χ4n) is 2.41. The normalized spacial score (nSPS) is 11.5. The summed E-state index contributed by atoms with van der Waals surface area (Å²) < 4.78 is 27.7. The molecule has 0 unspecified atom stereocenters. The van der Waals surface area contributed by atoms with E-state index in [-0.39, 0.29) is 5.56 Å². The van der Waals surface area contributed by atoms with E-state index in [2.05, 4.69) is 15.1 Å². The van der Waals surface area contributed by atoms with Crippen LogP contribution in [0.25, 0.3) is 11.0 Å². The molecule has 0 atom stereocenters. The van der Waals surface area contributed by atoms with Gasteiger partial charge >= 0.3 is 0 Å². The van der Waals surface area contributed by atoms with Crippen molar-refractivity contribution in [3.05, 3.63) is 57.8 Å². The monoisotopic (exact) mass is 319 g/mol. The van der Waals surface area contributed by atoms with E-state index < -0.39 is 11.6 Å². The molecule has 6 nitrogen and oxygen atoms in total. The molecule has 23 heavy (non-hydrogen) atoms. The summed E-state index contributed by atoms with van der Waals surface area (Å²) >= 11 is 0. The molecule has 120 valence electrons. The van der Waals surface area contributed by atoms with Gasteiger partial charge in [-0.3, -0.25) is 14.4 Å². The van der Waals surface area contributed by atoms with Crippen molar-refractivity contribution in [2.75, 3.05) is 7.05 Å². The molecular formula is C15H15F2N5O. The van der Waals surface area contributed by atoms with Gasteiger partial charge in [-0.2, -0.15) is 5.10 Å². The van der Waals surface area contributed by atoms with Crippen LogP contribution in [-0.4, -0.2) is 31.7 Å². The molecule has 2 heterocycles. The summed E-state index contributed by atoms with van der Waals surface area (Å²) in [6.07, 6.45) is 1.47. The molecule has 0 saturated carbocycles. The molecule has 0 radical (unpaired) electrons. The Morgan fingerprint density at radius 2 is 2.04 bits per heavy atom. The van der Waals surface area contributed by atoms with Crippen LogP contribution in [0.2, 0.25) is 0 Å². The molecule has 0 aliphatic heterocycles. The highest BCUT2D eigenvalue weighted by molar-refractivity contribution is 5.72. The van der Waals surface area contributed by atoms with Crippen LogP contribution < -0.4 is 5.56 Å². The van der Waals surface area contributed by atoms with E-state index in [4.69, 9.17) is 0 Å². The molecule has 3 rings (SSSR count). The van der Waals surface area contributed by atoms with E-state index in [1.807, 2.05) is 4.90 Å². The fourth-order valence-corrected chi connectivity index (χ4v) is 2.41. The maximum Gasteiger partial charge on any atom is 0.262 e. The predicted octanol–water partition coefficient (Wildman–Crippen LogP) is 1.57. The minimum absolute atomic E-state index is 0.251. The van der Waals surface area contributed by atoms with Crippen molar-refractivity contribution < 1.29 is 8.78 Å². The zero-order chi connectivity index (χ0) is 16.6. The Labute approximate surface area is 130 Å². The molecule has 0 aliphatic carbocycles. The number of fused-ring (bicyclic) bond motifs is 1. The SMILES string of the molecule is CN(Cc1ccc(F)c(F)c1)Cc1nc2c(cnn2C)c(=O)[nH]1. The molecule has 0 saturated heterocycles. The fraction of sp³-hybridized carbons (Fsp3) is 0.267. The summed E-state index contributed by atoms with van der Waals surface area (Å²) in [6, 6.07) is 3.78. The number of hydrogen-bond acceptors (Lipinski definition) is 4. The van der Waals surface area contributed by atoms with Gasteiger partial charge < -0.3 is 4.98 Å². The lowest BCUT2D eigenvalue weighted by Crippen LogP contribution is -2.22. The van der Waals surface area contributed by atoms with Crippen LogP contribution in [0.4, 0.5) is 8.78 Å². The number of halogens is 2. The lowest BCUT2D eigenvalue weighted by Gasteiger charge is -2.16. The Hall–Kier alpha value is -2.61. The second-order valence-electron chi connectivity index (χ2n) is 5.44. The third kappa shape index (κ3) is 3.11. The average Bonchev–Trinajstić information content (AvgIpc) is 2.85. The van der Waals surface area contributed by atoms with Crippen LogP contribution in [0.1, 0.15) is 11.4 Å². The van der Waals surface area contributed by atoms with Crippen molar-refractivity contribution in [1.29, 1.82) is 0 Å². The molecule has 0 fully saturated rings. The van der Waals surface area contributed by atoms with Gasteiger partial charge in [-0.25, -0.2) is 13.8 Å². The lowest BCUT2D eigenvalue weighted by atomic mass is 10.2. The first-order chi connectivity index (χ1) is 10.9. The van der Waals surface area contributed by atoms with Gasteiger partial charge in [0.05, 0.1) is 12.7 Å². The molecule has 3 aromatic rings. The third-order valence-corrected chi connectivity index (χ3v) is 3.51. The lowest BCUT2D eigenvalue weighted by molar-refractivity contribution is 0.309. The zero-order valence-electron chi connectivity index (χ0n) is 12.7. The highest BCUT2D eigenvalue weighted by Gasteiger charge is 2.11. The average molecular weight is 319 g/mol. The number of nitrogens with zero attached hydrogens (tertiary/aromatic N) is 4. The van der Waals surface area contributed by atoms with Crippen molar-refractivity contribution in [2.45, 2.75) is 13.1 Å². The van der Waals surface area contributed by atoms with E-state index in [1.54, 1.807) is 14.1 Å². The minimum Gasteiger partial charge on any atom is -0.309 e. The van der Waals surface area contributed by atoms with Gasteiger partial charge in [0.25, 0.3) is 5.56 Å². The van der Waals surface area contributed by atoms with Crippen molar-refractivity contribution in [3.63, 3.8) is 0 Å². The van der Waals surface area contributed by atoms with Gasteiger partial charge in [0.1, 0.15) is 11.2 Å². The van der Waals surface area contributed by atoms with Crippen molar-refractivity contribution in [1.82, 2.24) is 24.6 Å². The smallest absolute Gasteiger partial charge is 0.262 e. The number of nitrogens with one attached hydrogen (secondary N) is 1. The second-order valence-corrected chi connectivity index (χ2v) is 5.44. The number of rotatable bonds is 4. The van der Waals surface area contributed by atoms with Crippen LogP contribution in [0.3, 0.4) is 0 Å². The van der Waals surface area contributed by atoms with E-state index in [9.17, 15) is 13.6 Å². The van der Waals surface area contributed by atoms with E-state index in [0.29, 0.717) is 35.5 Å². The van der Waals surface area contributed by atoms with Crippen LogP contribution >= 0.6 is 0 Å². The standard InChI is InChI=1S/C15H15F2N5O/c1-21(7-9-3-4-11(16)12(17)5-9)8-13-19-14-10(15(23)20-13)6-18-22(14)2/h3-6H,7-8H2,1-2H3,(H,19,20,23). The Morgan fingerprint density at radius 1 is 1.26 bits per heavy atom. The summed E-state index contributed by atoms with van der Waals surface area (Å²) in [7, 11) is 3.51. The first-order valence-corrected chi connectivity index (χ1v) is 6.97. The molecule has 1 N–H and O–H groups in total. The highest BCUT2D eigenvalue weighted by atomic mass is 19.2. The molecule has 8 heteroatoms. The summed E-state index contributed by atoms with van der Waals surface area (Å²) in [6.45, 7) is 0.750. The van der Waals surface area contributed by atoms with Crippen LogP contribution in [0.15, 0.2) is 29.2 Å². The van der Waals surface area contributed by atoms with Crippen molar-refractivity contribution in [3.8, 4) is 0 Å². The van der Waals surface area contributed by atoms with Gasteiger partial charge in [-0.1, -0.05) is 6.07 Å². The van der Waals surface area contributed by atoms with Gasteiger partial charge in [0.15, 0.2) is 17.3 Å². The van der Waals surface area contributed by atoms with Gasteiger partial charge in [-0.05, 0) is 24.7 Å². The Kier molecular flexibility index (Phi) is 3.91. The first-order valence-electron chi connectivity index (χ1n) is 6.97. The van der Waals surface area contributed by atoms with E-state index in [0.717, 1.165) is 12.1 Å². The highest BCUT2D eigenvalue weighted by Crippen LogP contribution is 2.12. The maximum absolute atomic E-state index is 13.2. The summed E-state index contributed by atoms with van der Waals surface area (Å²) in [5, 5.41) is 4.44. The number of hydrogen-bond donors (Lipinski definition) is 1. The van der Waals surface area contributed by atoms with Gasteiger partial charge in [0, 0.05) is 13.6 Å². The molecule has 0 spiro atoms. The summed E-state index contributed by atoms with van der Waals surface area (Å²) in [5.41, 5.74) is 0.889. The van der Waals surface area contributed by atoms with Crippen molar-refractivity contribution >= 4 is 11.0 Å². The Morgan fingerprint density at radius 3 is 2.78 bits per heavy atom. The Bertz CT molecular complexity index is 918. The Balaban J connectivity index is 1.79. The first kappa shape index (κ1) is 15.3. The summed E-state index contributed by atoms with van der Waals surface area (Å²) in [4.78, 5) is 20.9. The van der Waals surface area contributed by atoms with Crippen molar-refractivity contribution in [2.24, 2.45) is 7.05 Å². The number of aryl methyl sites for hydroxylation is 1. The van der Waals surface area contributed by atoms with E-state index >= 15 is 0 Å². The number of aromatic nitrogens is 4. The molecular weight excluding hydrogens is 304 g/mol. The zero-order valence-corrected chi connectivity index (χ0v) is 12.7. The van der Waals surface area contributed by atoms with Gasteiger partial charge in [0.2, 0.25) is 0 Å². The van der Waals surface area contributed by atoms with Crippen LogP contribution in [0.5, 0.6) is 0 Å². The molecule has 0 aliphatic rings. The number of benzene rings is 1. The predicted molar refractivity (Wildman–Crippen MR) is 80.7 cm³/mol. The quantitative estimate of drug-likeness (QED) is 0.793. The van der Waals surface area contributed by atoms with Crippen LogP contribution in [0, 0.1) is 11.6 Å².